The summed E-state index contributed by atoms with van der Waals surface area (Å²) in [6.45, 7) is 2.50. The molecule has 0 radical (unpaired) electrons. The van der Waals surface area contributed by atoms with E-state index in [4.69, 9.17) is 0 Å². The highest BCUT2D eigenvalue weighted by atomic mass is 32.1. The van der Waals surface area contributed by atoms with Gasteiger partial charge in [-0.2, -0.15) is 0 Å². The monoisotopic (exact) mass is 315 g/mol. The van der Waals surface area contributed by atoms with Crippen LogP contribution in [0.4, 0.5) is 10.8 Å². The Balaban J connectivity index is 1.71. The second-order valence-corrected chi connectivity index (χ2v) is 6.15. The summed E-state index contributed by atoms with van der Waals surface area (Å²) in [7, 11) is 0. The largest absolute Gasteiger partial charge is 0.312 e. The molecule has 1 aromatic carbocycles. The van der Waals surface area contributed by atoms with Crippen LogP contribution in [-0.2, 0) is 16.0 Å². The first-order chi connectivity index (χ1) is 10.7. The van der Waals surface area contributed by atoms with Crippen molar-refractivity contribution in [3.63, 3.8) is 0 Å². The lowest BCUT2D eigenvalue weighted by molar-refractivity contribution is -0.122. The molecule has 0 unspecified atom stereocenters. The summed E-state index contributed by atoms with van der Waals surface area (Å²) in [4.78, 5) is 30.2. The van der Waals surface area contributed by atoms with Crippen molar-refractivity contribution in [1.82, 2.24) is 4.98 Å². The molecule has 0 spiro atoms. The van der Waals surface area contributed by atoms with Gasteiger partial charge in [-0.05, 0) is 24.1 Å². The minimum Gasteiger partial charge on any atom is -0.312 e. The van der Waals surface area contributed by atoms with Crippen molar-refractivity contribution >= 4 is 34.0 Å². The van der Waals surface area contributed by atoms with Crippen LogP contribution in [0.15, 0.2) is 35.8 Å². The third kappa shape index (κ3) is 3.01. The lowest BCUT2D eigenvalue weighted by Crippen LogP contribution is -2.28. The number of anilines is 2. The topological polar surface area (TPSA) is 62.3 Å². The Kier molecular flexibility index (Phi) is 4.20. The zero-order valence-corrected chi connectivity index (χ0v) is 13.1. The van der Waals surface area contributed by atoms with Crippen molar-refractivity contribution in [2.45, 2.75) is 19.8 Å². The highest BCUT2D eigenvalue weighted by Gasteiger charge is 2.35. The number of aromatic nitrogens is 1. The molecule has 1 atom stereocenters. The molecule has 0 bridgehead atoms. The maximum atomic E-state index is 12.2. The Morgan fingerprint density at radius 3 is 3.09 bits per heavy atom. The maximum Gasteiger partial charge on any atom is 0.231 e. The molecule has 1 aliphatic rings. The second-order valence-electron chi connectivity index (χ2n) is 5.26. The number of rotatable bonds is 4. The van der Waals surface area contributed by atoms with E-state index in [9.17, 15) is 9.59 Å². The highest BCUT2D eigenvalue weighted by Crippen LogP contribution is 2.27. The van der Waals surface area contributed by atoms with E-state index >= 15 is 0 Å². The number of aryl methyl sites for hydroxylation is 1. The number of carbonyl (C=O) groups excluding carboxylic acids is 2. The van der Waals surface area contributed by atoms with Crippen LogP contribution >= 0.6 is 11.3 Å². The van der Waals surface area contributed by atoms with Gasteiger partial charge in [0.15, 0.2) is 5.13 Å². The van der Waals surface area contributed by atoms with Gasteiger partial charge in [0.2, 0.25) is 11.8 Å². The quantitative estimate of drug-likeness (QED) is 0.943. The van der Waals surface area contributed by atoms with Crippen molar-refractivity contribution in [3.8, 4) is 0 Å². The average molecular weight is 315 g/mol. The van der Waals surface area contributed by atoms with Crippen molar-refractivity contribution < 1.29 is 9.59 Å². The lowest BCUT2D eigenvalue weighted by Gasteiger charge is -2.17. The van der Waals surface area contributed by atoms with Crippen LogP contribution in [0.5, 0.6) is 0 Å². The Morgan fingerprint density at radius 2 is 2.36 bits per heavy atom. The van der Waals surface area contributed by atoms with Gasteiger partial charge in [-0.3, -0.25) is 9.59 Å². The summed E-state index contributed by atoms with van der Waals surface area (Å²) in [6.07, 6.45) is 2.81. The average Bonchev–Trinajstić information content (AvgIpc) is 3.17. The Labute approximate surface area is 133 Å². The fraction of sp³-hybridized carbons (Fsp3) is 0.312. The van der Waals surface area contributed by atoms with Crippen LogP contribution in [0.2, 0.25) is 0 Å². The van der Waals surface area contributed by atoms with Gasteiger partial charge >= 0.3 is 0 Å². The highest BCUT2D eigenvalue weighted by molar-refractivity contribution is 7.13. The molecule has 22 heavy (non-hydrogen) atoms. The molecule has 114 valence electrons. The predicted octanol–water partition coefficient (Wildman–Crippen LogP) is 2.70. The molecular weight excluding hydrogens is 298 g/mol. The Hall–Kier alpha value is -2.21. The van der Waals surface area contributed by atoms with Gasteiger partial charge in [-0.15, -0.1) is 11.3 Å². The smallest absolute Gasteiger partial charge is 0.231 e. The summed E-state index contributed by atoms with van der Waals surface area (Å²) >= 11 is 1.37. The summed E-state index contributed by atoms with van der Waals surface area (Å²) in [6, 6.07) is 7.91. The van der Waals surface area contributed by atoms with E-state index in [0.717, 1.165) is 12.1 Å². The van der Waals surface area contributed by atoms with Gasteiger partial charge in [0, 0.05) is 30.2 Å². The third-order valence-electron chi connectivity index (χ3n) is 3.79. The summed E-state index contributed by atoms with van der Waals surface area (Å²) < 4.78 is 0. The standard InChI is InChI=1S/C16H17N3O2S/c1-2-11-4-3-5-13(8-11)19-10-12(9-14(19)20)15(21)18-16-17-6-7-22-16/h3-8,12H,2,9-10H2,1H3,(H,17,18,21)/t12-/m1/s1. The van der Waals surface area contributed by atoms with E-state index in [1.807, 2.05) is 24.3 Å². The summed E-state index contributed by atoms with van der Waals surface area (Å²) in [5.41, 5.74) is 2.05. The normalized spacial score (nSPS) is 17.8. The van der Waals surface area contributed by atoms with Crippen LogP contribution < -0.4 is 10.2 Å². The van der Waals surface area contributed by atoms with Crippen LogP contribution in [0.25, 0.3) is 0 Å². The number of hydrogen-bond acceptors (Lipinski definition) is 4. The molecule has 2 aromatic rings. The van der Waals surface area contributed by atoms with Crippen LogP contribution in [0, 0.1) is 5.92 Å². The third-order valence-corrected chi connectivity index (χ3v) is 4.48. The molecule has 1 N–H and O–H groups in total. The molecule has 0 saturated carbocycles. The van der Waals surface area contributed by atoms with Gasteiger partial charge in [0.05, 0.1) is 5.92 Å². The molecule has 1 aliphatic heterocycles. The molecular formula is C16H17N3O2S. The molecule has 2 heterocycles. The first-order valence-electron chi connectivity index (χ1n) is 7.27. The SMILES string of the molecule is CCc1cccc(N2C[C@H](C(=O)Nc3nccs3)CC2=O)c1. The zero-order chi connectivity index (χ0) is 15.5. The van der Waals surface area contributed by atoms with Crippen molar-refractivity contribution in [3.05, 3.63) is 41.4 Å². The van der Waals surface area contributed by atoms with Crippen molar-refractivity contribution in [2.75, 3.05) is 16.8 Å². The molecule has 6 heteroatoms. The Morgan fingerprint density at radius 1 is 1.50 bits per heavy atom. The second kappa shape index (κ2) is 6.27. The molecule has 5 nitrogen and oxygen atoms in total. The van der Waals surface area contributed by atoms with Gasteiger partial charge in [0.25, 0.3) is 0 Å². The Bertz CT molecular complexity index is 684. The molecule has 1 fully saturated rings. The van der Waals surface area contributed by atoms with Crippen molar-refractivity contribution in [2.24, 2.45) is 5.92 Å². The van der Waals surface area contributed by atoms with Crippen LogP contribution in [-0.4, -0.2) is 23.3 Å². The molecule has 3 rings (SSSR count). The summed E-state index contributed by atoms with van der Waals surface area (Å²) in [5, 5.41) is 5.15. The predicted molar refractivity (Wildman–Crippen MR) is 87.0 cm³/mol. The fourth-order valence-corrected chi connectivity index (χ4v) is 3.10. The van der Waals surface area contributed by atoms with E-state index in [1.165, 1.54) is 16.9 Å². The van der Waals surface area contributed by atoms with Crippen molar-refractivity contribution in [1.29, 1.82) is 0 Å². The number of amides is 2. The molecule has 0 aliphatic carbocycles. The van der Waals surface area contributed by atoms with Gasteiger partial charge in [-0.1, -0.05) is 19.1 Å². The van der Waals surface area contributed by atoms with E-state index in [-0.39, 0.29) is 24.2 Å². The van der Waals surface area contributed by atoms with Gasteiger partial charge < -0.3 is 10.2 Å². The number of nitrogens with zero attached hydrogens (tertiary/aromatic N) is 2. The molecule has 1 aromatic heterocycles. The van der Waals surface area contributed by atoms with Crippen LogP contribution in [0.1, 0.15) is 18.9 Å². The lowest BCUT2D eigenvalue weighted by atomic mass is 10.1. The van der Waals surface area contributed by atoms with E-state index < -0.39 is 0 Å². The van der Waals surface area contributed by atoms with E-state index in [2.05, 4.69) is 17.2 Å². The number of hydrogen-bond donors (Lipinski definition) is 1. The van der Waals surface area contributed by atoms with Gasteiger partial charge in [-0.25, -0.2) is 4.98 Å². The maximum absolute atomic E-state index is 12.2. The first kappa shape index (κ1) is 14.7. The van der Waals surface area contributed by atoms with E-state index in [0.29, 0.717) is 11.7 Å². The number of nitrogens with one attached hydrogen (secondary N) is 1. The minimum atomic E-state index is -0.332. The zero-order valence-electron chi connectivity index (χ0n) is 12.3. The van der Waals surface area contributed by atoms with Gasteiger partial charge in [0.1, 0.15) is 0 Å². The summed E-state index contributed by atoms with van der Waals surface area (Å²) in [5.74, 6) is -0.480. The van der Waals surface area contributed by atoms with E-state index in [1.54, 1.807) is 16.5 Å². The number of carbonyl (C=O) groups is 2. The number of benzene rings is 1. The molecule has 2 amide bonds. The fourth-order valence-electron chi connectivity index (χ4n) is 2.57. The first-order valence-corrected chi connectivity index (χ1v) is 8.15. The minimum absolute atomic E-state index is 0.00691. The number of thiazole rings is 1. The molecule has 1 saturated heterocycles. The van der Waals surface area contributed by atoms with Crippen LogP contribution in [0.3, 0.4) is 0 Å².